The fourth-order valence-corrected chi connectivity index (χ4v) is 2.86. The van der Waals surface area contributed by atoms with Crippen LogP contribution in [0.15, 0.2) is 30.3 Å². The van der Waals surface area contributed by atoms with Crippen LogP contribution in [0.4, 0.5) is 13.2 Å². The Labute approximate surface area is 154 Å². The van der Waals surface area contributed by atoms with Gasteiger partial charge in [0.2, 0.25) is 0 Å². The van der Waals surface area contributed by atoms with Crippen molar-refractivity contribution in [3.63, 3.8) is 0 Å². The van der Waals surface area contributed by atoms with Crippen LogP contribution in [0, 0.1) is 17.5 Å². The molecule has 0 aliphatic rings. The SMILES string of the molecule is CCCCCCc1ccc(-c2ccc(OCCCC)c(F)c2)c(F)c1F. The average Bonchev–Trinajstić information content (AvgIpc) is 2.64. The second-order valence-electron chi connectivity index (χ2n) is 6.56. The van der Waals surface area contributed by atoms with Crippen LogP contribution in [0.25, 0.3) is 11.1 Å². The Morgan fingerprint density at radius 1 is 0.808 bits per heavy atom. The van der Waals surface area contributed by atoms with Gasteiger partial charge in [-0.05, 0) is 42.5 Å². The standard InChI is InChI=1S/C22H27F3O/c1-3-5-7-8-9-16-10-12-18(22(25)21(16)24)17-11-13-20(19(23)15-17)26-14-6-4-2/h10-13,15H,3-9,14H2,1-2H3. The van der Waals surface area contributed by atoms with Crippen LogP contribution >= 0.6 is 0 Å². The fourth-order valence-electron chi connectivity index (χ4n) is 2.86. The highest BCUT2D eigenvalue weighted by Crippen LogP contribution is 2.30. The number of hydrogen-bond donors (Lipinski definition) is 0. The highest BCUT2D eigenvalue weighted by Gasteiger charge is 2.16. The molecule has 0 amide bonds. The predicted octanol–water partition coefficient (Wildman–Crippen LogP) is 7.07. The average molecular weight is 364 g/mol. The van der Waals surface area contributed by atoms with E-state index in [0.29, 0.717) is 24.2 Å². The van der Waals surface area contributed by atoms with Crippen molar-refractivity contribution in [3.05, 3.63) is 53.3 Å². The summed E-state index contributed by atoms with van der Waals surface area (Å²) in [4.78, 5) is 0. The molecular weight excluding hydrogens is 337 g/mol. The highest BCUT2D eigenvalue weighted by atomic mass is 19.2. The second kappa shape index (κ2) is 10.2. The topological polar surface area (TPSA) is 9.23 Å². The summed E-state index contributed by atoms with van der Waals surface area (Å²) >= 11 is 0. The van der Waals surface area contributed by atoms with E-state index in [9.17, 15) is 13.2 Å². The molecule has 0 atom stereocenters. The van der Waals surface area contributed by atoms with Gasteiger partial charge in [0.05, 0.1) is 6.61 Å². The van der Waals surface area contributed by atoms with Gasteiger partial charge in [-0.3, -0.25) is 0 Å². The molecule has 0 fully saturated rings. The lowest BCUT2D eigenvalue weighted by Gasteiger charge is -2.11. The molecule has 0 saturated heterocycles. The van der Waals surface area contributed by atoms with Gasteiger partial charge in [0.1, 0.15) is 0 Å². The molecule has 142 valence electrons. The highest BCUT2D eigenvalue weighted by molar-refractivity contribution is 5.65. The smallest absolute Gasteiger partial charge is 0.166 e. The van der Waals surface area contributed by atoms with Gasteiger partial charge in [0, 0.05) is 5.56 Å². The van der Waals surface area contributed by atoms with E-state index in [1.165, 1.54) is 18.2 Å². The summed E-state index contributed by atoms with van der Waals surface area (Å²) in [5.41, 5.74) is 0.750. The summed E-state index contributed by atoms with van der Waals surface area (Å²) in [6, 6.07) is 7.35. The number of aryl methyl sites for hydroxylation is 1. The first kappa shape index (κ1) is 20.3. The zero-order valence-corrected chi connectivity index (χ0v) is 15.6. The summed E-state index contributed by atoms with van der Waals surface area (Å²) in [7, 11) is 0. The molecule has 1 nitrogen and oxygen atoms in total. The van der Waals surface area contributed by atoms with Gasteiger partial charge >= 0.3 is 0 Å². The second-order valence-corrected chi connectivity index (χ2v) is 6.56. The van der Waals surface area contributed by atoms with E-state index in [-0.39, 0.29) is 11.3 Å². The van der Waals surface area contributed by atoms with Crippen molar-refractivity contribution in [1.82, 2.24) is 0 Å². The Kier molecular flexibility index (Phi) is 8.02. The molecule has 0 N–H and O–H groups in total. The van der Waals surface area contributed by atoms with Gasteiger partial charge in [-0.2, -0.15) is 0 Å². The third kappa shape index (κ3) is 5.26. The van der Waals surface area contributed by atoms with Gasteiger partial charge in [0.15, 0.2) is 23.2 Å². The molecule has 0 saturated carbocycles. The number of unbranched alkanes of at least 4 members (excludes halogenated alkanes) is 4. The number of benzene rings is 2. The molecule has 2 aromatic carbocycles. The van der Waals surface area contributed by atoms with Crippen molar-refractivity contribution < 1.29 is 17.9 Å². The van der Waals surface area contributed by atoms with Crippen LogP contribution in [0.1, 0.15) is 57.9 Å². The molecule has 0 aliphatic carbocycles. The zero-order chi connectivity index (χ0) is 18.9. The molecule has 4 heteroatoms. The molecule has 0 aromatic heterocycles. The Bertz CT molecular complexity index is 713. The first-order chi connectivity index (χ1) is 12.6. The van der Waals surface area contributed by atoms with Crippen molar-refractivity contribution >= 4 is 0 Å². The van der Waals surface area contributed by atoms with E-state index in [1.807, 2.05) is 6.92 Å². The van der Waals surface area contributed by atoms with E-state index in [2.05, 4.69) is 6.92 Å². The number of halogens is 3. The van der Waals surface area contributed by atoms with Crippen molar-refractivity contribution in [1.29, 1.82) is 0 Å². The van der Waals surface area contributed by atoms with Crippen LogP contribution in [0.3, 0.4) is 0 Å². The third-order valence-electron chi connectivity index (χ3n) is 4.46. The maximum Gasteiger partial charge on any atom is 0.166 e. The van der Waals surface area contributed by atoms with E-state index in [4.69, 9.17) is 4.74 Å². The van der Waals surface area contributed by atoms with Crippen LogP contribution in [0.2, 0.25) is 0 Å². The summed E-state index contributed by atoms with van der Waals surface area (Å²) in [5.74, 6) is -2.18. The van der Waals surface area contributed by atoms with Gasteiger partial charge in [-0.15, -0.1) is 0 Å². The Balaban J connectivity index is 2.15. The van der Waals surface area contributed by atoms with E-state index in [0.717, 1.165) is 38.5 Å². The largest absolute Gasteiger partial charge is 0.491 e. The van der Waals surface area contributed by atoms with Gasteiger partial charge < -0.3 is 4.74 Å². The number of rotatable bonds is 10. The van der Waals surface area contributed by atoms with Crippen LogP contribution in [-0.2, 0) is 6.42 Å². The molecule has 0 radical (unpaired) electrons. The summed E-state index contributed by atoms with van der Waals surface area (Å²) in [6.07, 6.45) is 6.33. The summed E-state index contributed by atoms with van der Waals surface area (Å²) in [5, 5.41) is 0. The maximum absolute atomic E-state index is 14.5. The number of ether oxygens (including phenoxy) is 1. The molecule has 2 rings (SSSR count). The third-order valence-corrected chi connectivity index (χ3v) is 4.46. The van der Waals surface area contributed by atoms with E-state index >= 15 is 0 Å². The molecule has 0 aliphatic heterocycles. The summed E-state index contributed by atoms with van der Waals surface area (Å²) in [6.45, 7) is 4.56. The first-order valence-corrected chi connectivity index (χ1v) is 9.48. The van der Waals surface area contributed by atoms with Crippen LogP contribution in [-0.4, -0.2) is 6.61 Å². The van der Waals surface area contributed by atoms with Crippen molar-refractivity contribution in [2.24, 2.45) is 0 Å². The van der Waals surface area contributed by atoms with Crippen molar-refractivity contribution in [3.8, 4) is 16.9 Å². The maximum atomic E-state index is 14.5. The van der Waals surface area contributed by atoms with Gasteiger partial charge in [-0.25, -0.2) is 13.2 Å². The number of hydrogen-bond acceptors (Lipinski definition) is 1. The molecule has 26 heavy (non-hydrogen) atoms. The Morgan fingerprint density at radius 3 is 2.27 bits per heavy atom. The predicted molar refractivity (Wildman–Crippen MR) is 100 cm³/mol. The molecule has 0 spiro atoms. The molecule has 0 unspecified atom stereocenters. The molecular formula is C22H27F3O. The lowest BCUT2D eigenvalue weighted by Crippen LogP contribution is -2.00. The minimum atomic E-state index is -0.919. The molecule has 0 bridgehead atoms. The lowest BCUT2D eigenvalue weighted by molar-refractivity contribution is 0.294. The van der Waals surface area contributed by atoms with Gasteiger partial charge in [0.25, 0.3) is 0 Å². The zero-order valence-electron chi connectivity index (χ0n) is 15.6. The minimum absolute atomic E-state index is 0.0683. The van der Waals surface area contributed by atoms with Crippen LogP contribution < -0.4 is 4.74 Å². The van der Waals surface area contributed by atoms with Crippen molar-refractivity contribution in [2.75, 3.05) is 6.61 Å². The normalized spacial score (nSPS) is 11.0. The quantitative estimate of drug-likeness (QED) is 0.410. The summed E-state index contributed by atoms with van der Waals surface area (Å²) < 4.78 is 48.4. The van der Waals surface area contributed by atoms with Crippen molar-refractivity contribution in [2.45, 2.75) is 58.8 Å². The molecule has 2 aromatic rings. The van der Waals surface area contributed by atoms with E-state index in [1.54, 1.807) is 12.1 Å². The van der Waals surface area contributed by atoms with Crippen LogP contribution in [0.5, 0.6) is 5.75 Å². The monoisotopic (exact) mass is 364 g/mol. The van der Waals surface area contributed by atoms with E-state index < -0.39 is 17.5 Å². The Hall–Kier alpha value is -1.97. The van der Waals surface area contributed by atoms with Gasteiger partial charge in [-0.1, -0.05) is 57.7 Å². The Morgan fingerprint density at radius 2 is 1.58 bits per heavy atom. The first-order valence-electron chi connectivity index (χ1n) is 9.48. The molecule has 0 heterocycles. The minimum Gasteiger partial charge on any atom is -0.491 e. The fraction of sp³-hybridized carbons (Fsp3) is 0.455. The lowest BCUT2D eigenvalue weighted by atomic mass is 9.99.